The molecule has 4 aliphatic carbocycles. The number of allylic oxidation sites excluding steroid dienone is 4. The summed E-state index contributed by atoms with van der Waals surface area (Å²) in [6.45, 7) is 6.17. The Kier molecular flexibility index (Phi) is 4.75. The summed E-state index contributed by atoms with van der Waals surface area (Å²) in [5, 5.41) is 11.5. The van der Waals surface area contributed by atoms with Gasteiger partial charge in [0.05, 0.1) is 12.2 Å². The third kappa shape index (κ3) is 2.58. The molecule has 1 heterocycles. The molecule has 6 nitrogen and oxygen atoms in total. The fourth-order valence-electron chi connectivity index (χ4n) is 8.03. The van der Waals surface area contributed by atoms with E-state index < -0.39 is 35.3 Å². The monoisotopic (exact) mass is 428 g/mol. The number of aliphatic hydroxyl groups is 1. The number of carbonyl (C=O) groups excluding carboxylic acids is 3. The van der Waals surface area contributed by atoms with Crippen LogP contribution in [-0.4, -0.2) is 47.1 Å². The van der Waals surface area contributed by atoms with Gasteiger partial charge in [-0.1, -0.05) is 38.8 Å². The van der Waals surface area contributed by atoms with Crippen LogP contribution in [0, 0.1) is 28.6 Å². The van der Waals surface area contributed by atoms with Gasteiger partial charge in [-0.15, -0.1) is 0 Å². The SMILES string of the molecule is CCCC1O[C@@H]2C[C@H]3[C@H]4CCC5=CC(=O)C=C[C@]5(C)[C@H]4[C@@H](O)C[C@]3(C)[C@]2(C(=O)C=O)O1. The van der Waals surface area contributed by atoms with Crippen LogP contribution >= 0.6 is 0 Å². The summed E-state index contributed by atoms with van der Waals surface area (Å²) in [6.07, 6.45) is 8.30. The van der Waals surface area contributed by atoms with E-state index in [9.17, 15) is 19.5 Å². The van der Waals surface area contributed by atoms with Crippen LogP contribution in [0.3, 0.4) is 0 Å². The number of rotatable bonds is 4. The molecule has 31 heavy (non-hydrogen) atoms. The van der Waals surface area contributed by atoms with Crippen molar-refractivity contribution in [2.75, 3.05) is 0 Å². The predicted molar refractivity (Wildman–Crippen MR) is 112 cm³/mol. The van der Waals surface area contributed by atoms with E-state index >= 15 is 0 Å². The second-order valence-electron chi connectivity index (χ2n) is 10.6. The number of carbonyl (C=O) groups is 3. The Bertz CT molecular complexity index is 890. The lowest BCUT2D eigenvalue weighted by molar-refractivity contribution is -0.198. The van der Waals surface area contributed by atoms with E-state index in [0.717, 1.165) is 24.8 Å². The molecule has 0 aromatic carbocycles. The van der Waals surface area contributed by atoms with E-state index in [-0.39, 0.29) is 29.0 Å². The van der Waals surface area contributed by atoms with Gasteiger partial charge in [-0.05, 0) is 56.1 Å². The van der Waals surface area contributed by atoms with Crippen LogP contribution in [0.4, 0.5) is 0 Å². The van der Waals surface area contributed by atoms with Gasteiger partial charge < -0.3 is 14.6 Å². The van der Waals surface area contributed by atoms with Crippen molar-refractivity contribution in [1.29, 1.82) is 0 Å². The van der Waals surface area contributed by atoms with Crippen molar-refractivity contribution < 1.29 is 29.0 Å². The average molecular weight is 429 g/mol. The van der Waals surface area contributed by atoms with E-state index in [2.05, 4.69) is 6.92 Å². The molecule has 0 spiro atoms. The first-order chi connectivity index (χ1) is 14.7. The summed E-state index contributed by atoms with van der Waals surface area (Å²) in [7, 11) is 0. The van der Waals surface area contributed by atoms with Gasteiger partial charge in [-0.2, -0.15) is 0 Å². The first-order valence-electron chi connectivity index (χ1n) is 11.7. The van der Waals surface area contributed by atoms with Crippen LogP contribution in [0.2, 0.25) is 0 Å². The Balaban J connectivity index is 1.56. The first-order valence-corrected chi connectivity index (χ1v) is 11.7. The molecule has 0 aromatic heterocycles. The Morgan fingerprint density at radius 2 is 2.13 bits per heavy atom. The fraction of sp³-hybridized carbons (Fsp3) is 0.720. The van der Waals surface area contributed by atoms with Gasteiger partial charge in [0.15, 0.2) is 24.0 Å². The Hall–Kier alpha value is -1.63. The molecule has 5 rings (SSSR count). The quantitative estimate of drug-likeness (QED) is 0.547. The normalized spacial score (nSPS) is 50.2. The average Bonchev–Trinajstić information content (AvgIpc) is 3.20. The standard InChI is InChI=1S/C25H32O6/c1-4-5-21-30-20-11-17-16-7-6-14-10-15(27)8-9-23(14,2)22(16)18(28)12-24(17,3)25(20,31-21)19(29)13-26/h8-10,13,16-18,20-22,28H,4-7,11-12H2,1-3H3/t16-,17+,18+,20-,21?,22-,23+,24+,25-/m1/s1. The third-order valence-electron chi connectivity index (χ3n) is 9.29. The van der Waals surface area contributed by atoms with E-state index in [1.54, 1.807) is 12.2 Å². The number of hydrogen-bond acceptors (Lipinski definition) is 6. The highest BCUT2D eigenvalue weighted by Gasteiger charge is 2.75. The van der Waals surface area contributed by atoms with Crippen LogP contribution in [0.25, 0.3) is 0 Å². The summed E-state index contributed by atoms with van der Waals surface area (Å²) < 4.78 is 12.5. The molecule has 0 bridgehead atoms. The Morgan fingerprint density at radius 1 is 1.35 bits per heavy atom. The van der Waals surface area contributed by atoms with Crippen molar-refractivity contribution in [3.63, 3.8) is 0 Å². The van der Waals surface area contributed by atoms with Crippen LogP contribution in [0.5, 0.6) is 0 Å². The van der Waals surface area contributed by atoms with E-state index in [4.69, 9.17) is 9.47 Å². The number of aliphatic hydroxyl groups excluding tert-OH is 1. The molecular weight excluding hydrogens is 396 g/mol. The highest BCUT2D eigenvalue weighted by Crippen LogP contribution is 2.69. The van der Waals surface area contributed by atoms with Gasteiger partial charge >= 0.3 is 0 Å². The zero-order valence-corrected chi connectivity index (χ0v) is 18.5. The maximum absolute atomic E-state index is 13.1. The predicted octanol–water partition coefficient (Wildman–Crippen LogP) is 2.92. The summed E-state index contributed by atoms with van der Waals surface area (Å²) >= 11 is 0. The molecule has 0 radical (unpaired) electrons. The molecule has 4 fully saturated rings. The van der Waals surface area contributed by atoms with Crippen molar-refractivity contribution in [2.45, 2.75) is 83.4 Å². The summed E-state index contributed by atoms with van der Waals surface area (Å²) in [6, 6.07) is 0. The molecule has 5 aliphatic rings. The fourth-order valence-corrected chi connectivity index (χ4v) is 8.03. The molecule has 1 saturated heterocycles. The first kappa shape index (κ1) is 21.2. The minimum atomic E-state index is -1.32. The lowest BCUT2D eigenvalue weighted by atomic mass is 9.46. The van der Waals surface area contributed by atoms with Crippen LogP contribution < -0.4 is 0 Å². The van der Waals surface area contributed by atoms with Gasteiger partial charge in [-0.3, -0.25) is 14.4 Å². The molecule has 3 saturated carbocycles. The Labute approximate surface area is 183 Å². The van der Waals surface area contributed by atoms with Gasteiger partial charge in [0, 0.05) is 16.7 Å². The van der Waals surface area contributed by atoms with Crippen molar-refractivity contribution in [3.8, 4) is 0 Å². The van der Waals surface area contributed by atoms with Crippen LogP contribution in [-0.2, 0) is 23.9 Å². The van der Waals surface area contributed by atoms with Gasteiger partial charge in [-0.25, -0.2) is 0 Å². The van der Waals surface area contributed by atoms with Crippen LogP contribution in [0.15, 0.2) is 23.8 Å². The van der Waals surface area contributed by atoms with Crippen molar-refractivity contribution in [2.24, 2.45) is 28.6 Å². The van der Waals surface area contributed by atoms with Crippen molar-refractivity contribution in [3.05, 3.63) is 23.8 Å². The summed E-state index contributed by atoms with van der Waals surface area (Å²) in [5.41, 5.74) is -1.27. The van der Waals surface area contributed by atoms with E-state index in [1.165, 1.54) is 0 Å². The zero-order chi connectivity index (χ0) is 22.2. The lowest BCUT2D eigenvalue weighted by Gasteiger charge is -2.59. The van der Waals surface area contributed by atoms with Crippen LogP contribution in [0.1, 0.15) is 59.3 Å². The highest BCUT2D eigenvalue weighted by molar-refractivity contribution is 6.29. The molecule has 1 unspecified atom stereocenters. The molecule has 0 aromatic rings. The maximum atomic E-state index is 13.1. The summed E-state index contributed by atoms with van der Waals surface area (Å²) in [5.74, 6) is -0.328. The zero-order valence-electron chi connectivity index (χ0n) is 18.5. The molecule has 1 N–H and O–H groups in total. The molecule has 1 aliphatic heterocycles. The number of fused-ring (bicyclic) bond motifs is 7. The van der Waals surface area contributed by atoms with Gasteiger partial charge in [0.2, 0.25) is 5.78 Å². The molecule has 0 amide bonds. The Morgan fingerprint density at radius 3 is 2.84 bits per heavy atom. The van der Waals surface area contributed by atoms with E-state index in [0.29, 0.717) is 25.5 Å². The second-order valence-corrected chi connectivity index (χ2v) is 10.6. The number of hydrogen-bond donors (Lipinski definition) is 1. The topological polar surface area (TPSA) is 89.9 Å². The minimum absolute atomic E-state index is 0.00996. The van der Waals surface area contributed by atoms with Gasteiger partial charge in [0.25, 0.3) is 0 Å². The minimum Gasteiger partial charge on any atom is -0.393 e. The number of ketones is 2. The maximum Gasteiger partial charge on any atom is 0.230 e. The largest absolute Gasteiger partial charge is 0.393 e. The van der Waals surface area contributed by atoms with E-state index in [1.807, 2.05) is 19.9 Å². The smallest absolute Gasteiger partial charge is 0.230 e. The highest BCUT2D eigenvalue weighted by atomic mass is 16.7. The molecule has 9 atom stereocenters. The summed E-state index contributed by atoms with van der Waals surface area (Å²) in [4.78, 5) is 36.8. The second kappa shape index (κ2) is 6.93. The third-order valence-corrected chi connectivity index (χ3v) is 9.29. The van der Waals surface area contributed by atoms with Gasteiger partial charge in [0.1, 0.15) is 0 Å². The number of Topliss-reactive ketones (excluding diaryl/α,β-unsaturated/α-hetero) is 1. The number of aldehydes is 1. The molecular formula is C25H32O6. The lowest BCUT2D eigenvalue weighted by Crippen LogP contribution is -2.63. The molecule has 168 valence electrons. The van der Waals surface area contributed by atoms with Crippen molar-refractivity contribution in [1.82, 2.24) is 0 Å². The number of ether oxygens (including phenoxy) is 2. The van der Waals surface area contributed by atoms with Crippen molar-refractivity contribution >= 4 is 17.9 Å². The molecule has 6 heteroatoms.